The molecule has 0 aromatic carbocycles. The van der Waals surface area contributed by atoms with Crippen molar-refractivity contribution in [2.75, 3.05) is 0 Å². The number of hydrogen-bond acceptors (Lipinski definition) is 3. The molecule has 0 aromatic rings. The number of nitrogens with two attached hydrogens (primary N) is 1. The predicted octanol–water partition coefficient (Wildman–Crippen LogP) is -1.19. The predicted molar refractivity (Wildman–Crippen MR) is 23.5 cm³/mol. The number of nitrogens with zero attached hydrogens (tertiary/aromatic N) is 1. The minimum absolute atomic E-state index is 0.512. The van der Waals surface area contributed by atoms with Crippen molar-refractivity contribution in [3.8, 4) is 6.07 Å². The van der Waals surface area contributed by atoms with Crippen LogP contribution in [0.15, 0.2) is 0 Å². The SMILES string of the molecule is N#CC(O)C(=N)N. The number of hydrogen-bond donors (Lipinski definition) is 3. The van der Waals surface area contributed by atoms with Gasteiger partial charge in [0.2, 0.25) is 0 Å². The van der Waals surface area contributed by atoms with Gasteiger partial charge in [0.25, 0.3) is 0 Å². The van der Waals surface area contributed by atoms with Gasteiger partial charge in [0, 0.05) is 0 Å². The fourth-order valence-corrected chi connectivity index (χ4v) is 0.0695. The lowest BCUT2D eigenvalue weighted by Crippen LogP contribution is -2.25. The van der Waals surface area contributed by atoms with E-state index >= 15 is 0 Å². The Labute approximate surface area is 40.7 Å². The summed E-state index contributed by atoms with van der Waals surface area (Å²) in [6.45, 7) is 0. The summed E-state index contributed by atoms with van der Waals surface area (Å²) < 4.78 is 0. The molecule has 4 N–H and O–H groups in total. The second kappa shape index (κ2) is 2.16. The highest BCUT2D eigenvalue weighted by molar-refractivity contribution is 5.83. The van der Waals surface area contributed by atoms with Crippen molar-refractivity contribution in [1.29, 1.82) is 10.7 Å². The van der Waals surface area contributed by atoms with Crippen LogP contribution in [0.1, 0.15) is 0 Å². The van der Waals surface area contributed by atoms with E-state index in [2.05, 4.69) is 5.73 Å². The second-order valence-electron chi connectivity index (χ2n) is 0.987. The molecule has 1 unspecified atom stereocenters. The Morgan fingerprint density at radius 2 is 2.43 bits per heavy atom. The summed E-state index contributed by atoms with van der Waals surface area (Å²) >= 11 is 0. The highest BCUT2D eigenvalue weighted by Crippen LogP contribution is 1.72. The van der Waals surface area contributed by atoms with Gasteiger partial charge in [0.05, 0.1) is 0 Å². The summed E-state index contributed by atoms with van der Waals surface area (Å²) in [5, 5.41) is 22.4. The maximum Gasteiger partial charge on any atom is 0.197 e. The monoisotopic (exact) mass is 99.0 g/mol. The fourth-order valence-electron chi connectivity index (χ4n) is 0.0695. The Hall–Kier alpha value is -1.08. The molecule has 0 aliphatic rings. The third-order valence-corrected chi connectivity index (χ3v) is 0.417. The van der Waals surface area contributed by atoms with Crippen molar-refractivity contribution in [3.05, 3.63) is 0 Å². The molecule has 4 heteroatoms. The molecular weight excluding hydrogens is 94.1 g/mol. The molecule has 0 bridgehead atoms. The number of aliphatic hydroxyl groups is 1. The number of nitrogens with one attached hydrogen (secondary N) is 1. The van der Waals surface area contributed by atoms with Gasteiger partial charge in [-0.2, -0.15) is 5.26 Å². The third-order valence-electron chi connectivity index (χ3n) is 0.417. The fraction of sp³-hybridized carbons (Fsp3) is 0.333. The maximum absolute atomic E-state index is 8.22. The highest BCUT2D eigenvalue weighted by Gasteiger charge is 2.01. The van der Waals surface area contributed by atoms with Gasteiger partial charge in [0.15, 0.2) is 6.10 Å². The highest BCUT2D eigenvalue weighted by atomic mass is 16.3. The first-order chi connectivity index (χ1) is 3.18. The molecule has 0 amide bonds. The second-order valence-corrected chi connectivity index (χ2v) is 0.987. The smallest absolute Gasteiger partial charge is 0.197 e. The van der Waals surface area contributed by atoms with Crippen molar-refractivity contribution in [1.82, 2.24) is 0 Å². The van der Waals surface area contributed by atoms with Crippen molar-refractivity contribution < 1.29 is 5.11 Å². The molecule has 0 fully saturated rings. The van der Waals surface area contributed by atoms with Crippen LogP contribution in [0.4, 0.5) is 0 Å². The van der Waals surface area contributed by atoms with Gasteiger partial charge in [-0.25, -0.2) is 0 Å². The average molecular weight is 99.1 g/mol. The number of rotatable bonds is 1. The van der Waals surface area contributed by atoms with Gasteiger partial charge in [-0.3, -0.25) is 5.41 Å². The lowest BCUT2D eigenvalue weighted by molar-refractivity contribution is 0.293. The van der Waals surface area contributed by atoms with E-state index < -0.39 is 11.9 Å². The minimum atomic E-state index is -1.43. The number of aliphatic hydroxyl groups excluding tert-OH is 1. The Morgan fingerprint density at radius 1 is 2.00 bits per heavy atom. The van der Waals surface area contributed by atoms with E-state index in [9.17, 15) is 0 Å². The van der Waals surface area contributed by atoms with E-state index in [1.54, 1.807) is 0 Å². The molecular formula is C3H5N3O. The Morgan fingerprint density at radius 3 is 2.43 bits per heavy atom. The van der Waals surface area contributed by atoms with Gasteiger partial charge < -0.3 is 10.8 Å². The van der Waals surface area contributed by atoms with E-state index in [-0.39, 0.29) is 0 Å². The lowest BCUT2D eigenvalue weighted by atomic mass is 10.4. The Bertz CT molecular complexity index is 114. The van der Waals surface area contributed by atoms with Gasteiger partial charge in [-0.15, -0.1) is 0 Å². The quantitative estimate of drug-likeness (QED) is 0.219. The normalized spacial score (nSPS) is 12.0. The first-order valence-electron chi connectivity index (χ1n) is 1.60. The van der Waals surface area contributed by atoms with Crippen LogP contribution in [-0.4, -0.2) is 17.0 Å². The van der Waals surface area contributed by atoms with Crippen molar-refractivity contribution in [3.63, 3.8) is 0 Å². The van der Waals surface area contributed by atoms with E-state index in [1.165, 1.54) is 6.07 Å². The van der Waals surface area contributed by atoms with Gasteiger partial charge >= 0.3 is 0 Å². The summed E-state index contributed by atoms with van der Waals surface area (Å²) in [5.41, 5.74) is 4.66. The topological polar surface area (TPSA) is 93.9 Å². The molecule has 0 spiro atoms. The van der Waals surface area contributed by atoms with Gasteiger partial charge in [-0.05, 0) is 0 Å². The Balaban J connectivity index is 3.63. The molecule has 0 aliphatic carbocycles. The summed E-state index contributed by atoms with van der Waals surface area (Å²) in [4.78, 5) is 0. The average Bonchev–Trinajstić information content (AvgIpc) is 1.65. The summed E-state index contributed by atoms with van der Waals surface area (Å²) in [5.74, 6) is -0.512. The first-order valence-corrected chi connectivity index (χ1v) is 1.60. The van der Waals surface area contributed by atoms with Gasteiger partial charge in [-0.1, -0.05) is 0 Å². The largest absolute Gasteiger partial charge is 0.385 e. The van der Waals surface area contributed by atoms with Crippen LogP contribution >= 0.6 is 0 Å². The first kappa shape index (κ1) is 5.92. The van der Waals surface area contributed by atoms with Crippen LogP contribution < -0.4 is 5.73 Å². The standard InChI is InChI=1S/C3H5N3O/c4-1-2(7)3(5)6/h2,7H,(H3,5,6). The molecule has 0 aromatic heterocycles. The zero-order valence-corrected chi connectivity index (χ0v) is 3.55. The van der Waals surface area contributed by atoms with Crippen LogP contribution in [0.2, 0.25) is 0 Å². The zero-order valence-electron chi connectivity index (χ0n) is 3.55. The summed E-state index contributed by atoms with van der Waals surface area (Å²) in [7, 11) is 0. The molecule has 0 heterocycles. The van der Waals surface area contributed by atoms with Crippen molar-refractivity contribution in [2.24, 2.45) is 5.73 Å². The summed E-state index contributed by atoms with van der Waals surface area (Å²) in [6, 6.07) is 1.37. The van der Waals surface area contributed by atoms with Crippen LogP contribution in [0, 0.1) is 16.7 Å². The molecule has 1 atom stereocenters. The Kier molecular flexibility index (Phi) is 1.82. The third kappa shape index (κ3) is 1.73. The van der Waals surface area contributed by atoms with Gasteiger partial charge in [0.1, 0.15) is 11.9 Å². The van der Waals surface area contributed by atoms with E-state index in [0.29, 0.717) is 0 Å². The molecule has 38 valence electrons. The van der Waals surface area contributed by atoms with Crippen molar-refractivity contribution >= 4 is 5.84 Å². The lowest BCUT2D eigenvalue weighted by Gasteiger charge is -1.91. The molecule has 0 rings (SSSR count). The number of nitriles is 1. The molecule has 4 nitrogen and oxygen atoms in total. The van der Waals surface area contributed by atoms with E-state index in [0.717, 1.165) is 0 Å². The van der Waals surface area contributed by atoms with Crippen molar-refractivity contribution in [2.45, 2.75) is 6.10 Å². The van der Waals surface area contributed by atoms with E-state index in [4.69, 9.17) is 15.8 Å². The molecule has 0 saturated carbocycles. The zero-order chi connectivity index (χ0) is 5.86. The minimum Gasteiger partial charge on any atom is -0.385 e. The molecule has 0 aliphatic heterocycles. The maximum atomic E-state index is 8.22. The molecule has 0 saturated heterocycles. The molecule has 0 radical (unpaired) electrons. The van der Waals surface area contributed by atoms with Crippen LogP contribution in [0.5, 0.6) is 0 Å². The van der Waals surface area contributed by atoms with Crippen LogP contribution in [-0.2, 0) is 0 Å². The molecule has 7 heavy (non-hydrogen) atoms. The van der Waals surface area contributed by atoms with Crippen LogP contribution in [0.3, 0.4) is 0 Å². The summed E-state index contributed by atoms with van der Waals surface area (Å²) in [6.07, 6.45) is -1.43. The number of amidine groups is 1. The van der Waals surface area contributed by atoms with E-state index in [1.807, 2.05) is 0 Å². The van der Waals surface area contributed by atoms with Crippen LogP contribution in [0.25, 0.3) is 0 Å².